The Hall–Kier alpha value is -1.73. The summed E-state index contributed by atoms with van der Waals surface area (Å²) in [5, 5.41) is 9.51. The van der Waals surface area contributed by atoms with Crippen molar-refractivity contribution >= 4 is 58.1 Å². The maximum absolute atomic E-state index is 6.36. The van der Waals surface area contributed by atoms with E-state index >= 15 is 0 Å². The van der Waals surface area contributed by atoms with Gasteiger partial charge in [0.05, 0.1) is 21.5 Å². The maximum Gasteiger partial charge on any atom is 0.199 e. The first-order valence-electron chi connectivity index (χ1n) is 7.84. The summed E-state index contributed by atoms with van der Waals surface area (Å²) >= 11 is 19.8. The van der Waals surface area contributed by atoms with Crippen molar-refractivity contribution in [1.29, 1.82) is 0 Å². The normalized spacial score (nSPS) is 11.3. The van der Waals surface area contributed by atoms with Crippen LogP contribution in [0, 0.1) is 4.77 Å². The minimum atomic E-state index is 0.466. The second-order valence-corrected chi connectivity index (χ2v) is 7.98. The number of aromatic nitrogens is 4. The number of H-pyrrole nitrogens is 1. The molecule has 0 aliphatic heterocycles. The van der Waals surface area contributed by atoms with Gasteiger partial charge in [0, 0.05) is 29.0 Å². The number of thioether (sulfide) groups is 1. The van der Waals surface area contributed by atoms with Crippen LogP contribution < -0.4 is 0 Å². The summed E-state index contributed by atoms with van der Waals surface area (Å²) in [6.07, 6.45) is 2.13. The molecule has 0 saturated carbocycles. The zero-order valence-electron chi connectivity index (χ0n) is 13.7. The number of nitrogens with one attached hydrogen (secondary N) is 1. The van der Waals surface area contributed by atoms with Gasteiger partial charge in [0.15, 0.2) is 4.77 Å². The molecule has 26 heavy (non-hydrogen) atoms. The lowest BCUT2D eigenvalue weighted by atomic mass is 10.2. The van der Waals surface area contributed by atoms with Crippen molar-refractivity contribution in [1.82, 2.24) is 19.3 Å². The number of aryl methyl sites for hydroxylation is 1. The Kier molecular flexibility index (Phi) is 4.84. The lowest BCUT2D eigenvalue weighted by Crippen LogP contribution is -2.02. The highest BCUT2D eigenvalue weighted by molar-refractivity contribution is 7.98. The summed E-state index contributed by atoms with van der Waals surface area (Å²) in [6.45, 7) is 0. The predicted octanol–water partition coefficient (Wildman–Crippen LogP) is 6.02. The molecule has 2 aromatic carbocycles. The lowest BCUT2D eigenvalue weighted by Gasteiger charge is -2.10. The van der Waals surface area contributed by atoms with E-state index in [0.29, 0.717) is 26.3 Å². The van der Waals surface area contributed by atoms with Crippen LogP contribution in [0.4, 0.5) is 0 Å². The average Bonchev–Trinajstić information content (AvgIpc) is 3.14. The van der Waals surface area contributed by atoms with E-state index < -0.39 is 0 Å². The third-order valence-corrected chi connectivity index (χ3v) is 6.04. The van der Waals surface area contributed by atoms with E-state index in [1.165, 1.54) is 15.8 Å². The zero-order chi connectivity index (χ0) is 18.3. The summed E-state index contributed by atoms with van der Waals surface area (Å²) in [6, 6.07) is 13.7. The molecule has 0 saturated heterocycles. The number of fused-ring (bicyclic) bond motifs is 1. The second-order valence-electron chi connectivity index (χ2n) is 5.76. The molecule has 2 aromatic heterocycles. The van der Waals surface area contributed by atoms with Crippen LogP contribution in [0.5, 0.6) is 0 Å². The van der Waals surface area contributed by atoms with Gasteiger partial charge in [-0.15, -0.1) is 11.8 Å². The van der Waals surface area contributed by atoms with Crippen LogP contribution in [0.25, 0.3) is 16.6 Å². The molecule has 4 nitrogen and oxygen atoms in total. The fraction of sp³-hybridized carbons (Fsp3) is 0.111. The van der Waals surface area contributed by atoms with Crippen molar-refractivity contribution < 1.29 is 0 Å². The monoisotopic (exact) mass is 420 g/mol. The van der Waals surface area contributed by atoms with Gasteiger partial charge in [-0.05, 0) is 30.4 Å². The topological polar surface area (TPSA) is 38.5 Å². The Morgan fingerprint density at radius 1 is 1.12 bits per heavy atom. The first-order chi connectivity index (χ1) is 12.6. The van der Waals surface area contributed by atoms with Gasteiger partial charge in [0.25, 0.3) is 0 Å². The quantitative estimate of drug-likeness (QED) is 0.323. The van der Waals surface area contributed by atoms with E-state index in [1.54, 1.807) is 28.5 Å². The van der Waals surface area contributed by atoms with E-state index in [0.717, 1.165) is 5.82 Å². The number of aromatic amines is 1. The Balaban J connectivity index is 1.71. The molecule has 0 bridgehead atoms. The lowest BCUT2D eigenvalue weighted by molar-refractivity contribution is 0.945. The molecule has 4 rings (SSSR count). The van der Waals surface area contributed by atoms with E-state index in [1.807, 2.05) is 25.2 Å². The number of rotatable bonds is 4. The van der Waals surface area contributed by atoms with Crippen LogP contribution in [0.15, 0.2) is 53.6 Å². The number of nitrogens with zero attached hydrogens (tertiary/aromatic N) is 3. The van der Waals surface area contributed by atoms with E-state index in [2.05, 4.69) is 33.1 Å². The van der Waals surface area contributed by atoms with Crippen LogP contribution >= 0.6 is 47.2 Å². The maximum atomic E-state index is 6.36. The standard InChI is InChI=1S/C18H14Cl2N4S2/c1-23-9-15(11-5-2-3-8-14(11)23)26-10-16-21-22-18(25)24(16)17-12(19)6-4-7-13(17)20/h2-9H,10H2,1H3,(H,22,25). The van der Waals surface area contributed by atoms with Crippen molar-refractivity contribution in [2.24, 2.45) is 7.05 Å². The van der Waals surface area contributed by atoms with Crippen molar-refractivity contribution in [3.8, 4) is 5.69 Å². The number of hydrogen-bond acceptors (Lipinski definition) is 3. The molecule has 8 heteroatoms. The minimum Gasteiger partial charge on any atom is -0.349 e. The van der Waals surface area contributed by atoms with E-state index in [9.17, 15) is 0 Å². The summed E-state index contributed by atoms with van der Waals surface area (Å²) < 4.78 is 4.39. The smallest absolute Gasteiger partial charge is 0.199 e. The molecule has 0 atom stereocenters. The summed E-state index contributed by atoms with van der Waals surface area (Å²) in [5.41, 5.74) is 1.85. The Morgan fingerprint density at radius 3 is 2.62 bits per heavy atom. The first kappa shape index (κ1) is 17.7. The van der Waals surface area contributed by atoms with Crippen LogP contribution in [-0.2, 0) is 12.8 Å². The molecule has 4 aromatic rings. The van der Waals surface area contributed by atoms with Gasteiger partial charge in [-0.2, -0.15) is 5.10 Å². The van der Waals surface area contributed by atoms with E-state index in [-0.39, 0.29) is 0 Å². The molecule has 0 fully saturated rings. The molecule has 0 unspecified atom stereocenters. The second kappa shape index (κ2) is 7.12. The van der Waals surface area contributed by atoms with Gasteiger partial charge in [-0.3, -0.25) is 9.67 Å². The third kappa shape index (κ3) is 3.07. The summed E-state index contributed by atoms with van der Waals surface area (Å²) in [7, 11) is 2.05. The van der Waals surface area contributed by atoms with Gasteiger partial charge < -0.3 is 4.57 Å². The number of hydrogen-bond donors (Lipinski definition) is 1. The van der Waals surface area contributed by atoms with Crippen LogP contribution in [-0.4, -0.2) is 19.3 Å². The van der Waals surface area contributed by atoms with Crippen LogP contribution in [0.1, 0.15) is 5.82 Å². The third-order valence-electron chi connectivity index (χ3n) is 4.12. The van der Waals surface area contributed by atoms with Crippen molar-refractivity contribution in [2.75, 3.05) is 0 Å². The first-order valence-corrected chi connectivity index (χ1v) is 9.99. The van der Waals surface area contributed by atoms with Gasteiger partial charge in [0.2, 0.25) is 0 Å². The highest BCUT2D eigenvalue weighted by atomic mass is 35.5. The number of benzene rings is 2. The Morgan fingerprint density at radius 2 is 1.85 bits per heavy atom. The molecule has 0 radical (unpaired) electrons. The molecular formula is C18H14Cl2N4S2. The summed E-state index contributed by atoms with van der Waals surface area (Å²) in [4.78, 5) is 1.19. The molecule has 1 N–H and O–H groups in total. The number of para-hydroxylation sites is 2. The molecule has 0 spiro atoms. The van der Waals surface area contributed by atoms with Gasteiger partial charge in [-0.25, -0.2) is 0 Å². The molecular weight excluding hydrogens is 407 g/mol. The molecule has 0 aliphatic carbocycles. The Bertz CT molecular complexity index is 1140. The average molecular weight is 421 g/mol. The van der Waals surface area contributed by atoms with Gasteiger partial charge >= 0.3 is 0 Å². The fourth-order valence-electron chi connectivity index (χ4n) is 2.92. The number of halogens is 2. The fourth-order valence-corrected chi connectivity index (χ4v) is 4.77. The zero-order valence-corrected chi connectivity index (χ0v) is 16.9. The molecule has 0 amide bonds. The predicted molar refractivity (Wildman–Crippen MR) is 111 cm³/mol. The van der Waals surface area contributed by atoms with Crippen molar-refractivity contribution in [3.05, 3.63) is 69.3 Å². The molecule has 0 aliphatic rings. The van der Waals surface area contributed by atoms with Gasteiger partial charge in [-0.1, -0.05) is 47.5 Å². The van der Waals surface area contributed by atoms with Crippen molar-refractivity contribution in [2.45, 2.75) is 10.6 Å². The largest absolute Gasteiger partial charge is 0.349 e. The van der Waals surface area contributed by atoms with Crippen molar-refractivity contribution in [3.63, 3.8) is 0 Å². The van der Waals surface area contributed by atoms with E-state index in [4.69, 9.17) is 35.4 Å². The highest BCUT2D eigenvalue weighted by Crippen LogP contribution is 2.34. The van der Waals surface area contributed by atoms with Crippen LogP contribution in [0.3, 0.4) is 0 Å². The van der Waals surface area contributed by atoms with Crippen LogP contribution in [0.2, 0.25) is 10.0 Å². The van der Waals surface area contributed by atoms with Gasteiger partial charge in [0.1, 0.15) is 5.82 Å². The Labute approximate surface area is 169 Å². The molecule has 2 heterocycles. The molecule has 132 valence electrons. The highest BCUT2D eigenvalue weighted by Gasteiger charge is 2.16. The minimum absolute atomic E-state index is 0.466. The SMILES string of the molecule is Cn1cc(SCc2n[nH]c(=S)n2-c2c(Cl)cccc2Cl)c2ccccc21. The summed E-state index contributed by atoms with van der Waals surface area (Å²) in [5.74, 6) is 1.39.